The molecule has 0 bridgehead atoms. The van der Waals surface area contributed by atoms with Crippen LogP contribution in [0.4, 0.5) is 17.1 Å². The van der Waals surface area contributed by atoms with Gasteiger partial charge in [-0.25, -0.2) is 0 Å². The molecule has 0 atom stereocenters. The van der Waals surface area contributed by atoms with Gasteiger partial charge >= 0.3 is 0 Å². The lowest BCUT2D eigenvalue weighted by molar-refractivity contribution is 0.669. The first kappa shape index (κ1) is 37.0. The van der Waals surface area contributed by atoms with Crippen molar-refractivity contribution in [3.8, 4) is 16.8 Å². The minimum absolute atomic E-state index is 0.527. The monoisotopic (exact) mass is 870 g/mol. The van der Waals surface area contributed by atoms with Gasteiger partial charge in [0.2, 0.25) is 0 Å². The summed E-state index contributed by atoms with van der Waals surface area (Å²) in [6.07, 6.45) is 0. The molecule has 1 aliphatic carbocycles. The summed E-state index contributed by atoms with van der Waals surface area (Å²) >= 11 is 1.88. The standard InChI is InChI=1S/C63H38N2OS/c1-2-17-42-39(15-1)16-13-27-54(42)65-55-26-9-4-19-44(55)49-37-40(32-35-57(49)65)64(41-31-33-46-45-20-5-10-28-58(45)66-59(46)38-41)56-36-34-47-43-18-3-6-22-50(43)63(53-25-14-21-48(56)62(47)53)51-23-7-11-29-60(51)67-61-30-12-8-24-52(61)63/h1-38H. The van der Waals surface area contributed by atoms with Gasteiger partial charge in [0.1, 0.15) is 11.2 Å². The minimum atomic E-state index is -0.527. The van der Waals surface area contributed by atoms with Crippen molar-refractivity contribution in [1.82, 2.24) is 4.57 Å². The summed E-state index contributed by atoms with van der Waals surface area (Å²) in [7, 11) is 0. The van der Waals surface area contributed by atoms with Gasteiger partial charge in [-0.05, 0) is 111 Å². The molecule has 11 aromatic carbocycles. The number of rotatable bonds is 4. The molecule has 312 valence electrons. The second-order valence-electron chi connectivity index (χ2n) is 17.9. The molecule has 0 saturated carbocycles. The van der Waals surface area contributed by atoms with Gasteiger partial charge < -0.3 is 13.9 Å². The predicted molar refractivity (Wildman–Crippen MR) is 279 cm³/mol. The minimum Gasteiger partial charge on any atom is -0.456 e. The van der Waals surface area contributed by atoms with E-state index in [0.717, 1.165) is 44.5 Å². The van der Waals surface area contributed by atoms with Crippen LogP contribution in [0.15, 0.2) is 245 Å². The number of aromatic nitrogens is 1. The highest BCUT2D eigenvalue weighted by Crippen LogP contribution is 2.62. The first-order chi connectivity index (χ1) is 33.2. The molecule has 1 spiro atoms. The van der Waals surface area contributed by atoms with E-state index < -0.39 is 5.41 Å². The lowest BCUT2D eigenvalue weighted by Gasteiger charge is -2.46. The Morgan fingerprint density at radius 1 is 0.388 bits per heavy atom. The van der Waals surface area contributed by atoms with E-state index in [2.05, 4.69) is 234 Å². The Kier molecular flexibility index (Phi) is 7.64. The van der Waals surface area contributed by atoms with Crippen molar-refractivity contribution in [1.29, 1.82) is 0 Å². The molecule has 0 N–H and O–H groups in total. The van der Waals surface area contributed by atoms with Gasteiger partial charge in [-0.2, -0.15) is 0 Å². The Bertz CT molecular complexity index is 4180. The Labute approximate surface area is 390 Å². The summed E-state index contributed by atoms with van der Waals surface area (Å²) in [4.78, 5) is 5.05. The molecule has 0 fully saturated rings. The van der Waals surface area contributed by atoms with Gasteiger partial charge in [0.25, 0.3) is 0 Å². The van der Waals surface area contributed by atoms with E-state index in [1.54, 1.807) is 0 Å². The summed E-state index contributed by atoms with van der Waals surface area (Å²) in [5.41, 5.74) is 15.8. The Morgan fingerprint density at radius 2 is 1.00 bits per heavy atom. The number of fused-ring (bicyclic) bond motifs is 15. The van der Waals surface area contributed by atoms with Crippen LogP contribution in [-0.2, 0) is 5.41 Å². The first-order valence-corrected chi connectivity index (χ1v) is 23.8. The Morgan fingerprint density at radius 3 is 1.87 bits per heavy atom. The van der Waals surface area contributed by atoms with Crippen molar-refractivity contribution in [2.75, 3.05) is 4.90 Å². The first-order valence-electron chi connectivity index (χ1n) is 23.0. The van der Waals surface area contributed by atoms with E-state index in [0.29, 0.717) is 0 Å². The highest BCUT2D eigenvalue weighted by molar-refractivity contribution is 7.99. The highest BCUT2D eigenvalue weighted by atomic mass is 32.2. The van der Waals surface area contributed by atoms with Crippen molar-refractivity contribution < 1.29 is 4.42 Å². The lowest BCUT2D eigenvalue weighted by Crippen LogP contribution is -2.36. The molecule has 1 aliphatic heterocycles. The molecule has 13 aromatic rings. The molecule has 15 rings (SSSR count). The van der Waals surface area contributed by atoms with E-state index in [1.165, 1.54) is 86.7 Å². The zero-order chi connectivity index (χ0) is 43.8. The van der Waals surface area contributed by atoms with E-state index >= 15 is 0 Å². The summed E-state index contributed by atoms with van der Waals surface area (Å²) < 4.78 is 9.07. The summed E-state index contributed by atoms with van der Waals surface area (Å²) in [6.45, 7) is 0. The largest absolute Gasteiger partial charge is 0.456 e. The number of anilines is 3. The van der Waals surface area contributed by atoms with Gasteiger partial charge in [0.05, 0.1) is 27.8 Å². The maximum Gasteiger partial charge on any atom is 0.137 e. The molecular formula is C63H38N2OS. The number of furan rings is 1. The van der Waals surface area contributed by atoms with E-state index in [-0.39, 0.29) is 0 Å². The van der Waals surface area contributed by atoms with E-state index in [1.807, 2.05) is 17.8 Å². The second-order valence-corrected chi connectivity index (χ2v) is 19.0. The zero-order valence-electron chi connectivity index (χ0n) is 36.2. The molecule has 0 radical (unpaired) electrons. The van der Waals surface area contributed by atoms with Gasteiger partial charge in [0, 0.05) is 59.5 Å². The quantitative estimate of drug-likeness (QED) is 0.176. The maximum atomic E-state index is 6.63. The number of benzene rings is 11. The van der Waals surface area contributed by atoms with Gasteiger partial charge in [-0.3, -0.25) is 0 Å². The smallest absolute Gasteiger partial charge is 0.137 e. The average Bonchev–Trinajstić information content (AvgIpc) is 3.93. The topological polar surface area (TPSA) is 21.3 Å². The molecule has 2 aromatic heterocycles. The third-order valence-electron chi connectivity index (χ3n) is 14.6. The summed E-state index contributed by atoms with van der Waals surface area (Å²) in [6, 6.07) is 85.3. The number of hydrogen-bond donors (Lipinski definition) is 0. The Hall–Kier alpha value is -8.31. The fourth-order valence-electron chi connectivity index (χ4n) is 11.9. The van der Waals surface area contributed by atoms with Crippen LogP contribution >= 0.6 is 11.8 Å². The van der Waals surface area contributed by atoms with Crippen LogP contribution in [0, 0.1) is 0 Å². The van der Waals surface area contributed by atoms with Crippen LogP contribution in [-0.4, -0.2) is 4.57 Å². The van der Waals surface area contributed by atoms with Crippen LogP contribution in [0.1, 0.15) is 22.3 Å². The summed E-state index contributed by atoms with van der Waals surface area (Å²) in [5, 5.41) is 9.55. The molecule has 0 unspecified atom stereocenters. The van der Waals surface area contributed by atoms with Crippen LogP contribution in [0.5, 0.6) is 0 Å². The lowest BCUT2D eigenvalue weighted by atomic mass is 9.59. The van der Waals surface area contributed by atoms with Crippen molar-refractivity contribution in [2.24, 2.45) is 0 Å². The highest BCUT2D eigenvalue weighted by Gasteiger charge is 2.48. The second kappa shape index (κ2) is 13.9. The molecule has 2 aliphatic rings. The fraction of sp³-hybridized carbons (Fsp3) is 0.0159. The van der Waals surface area contributed by atoms with Gasteiger partial charge in [0.15, 0.2) is 0 Å². The van der Waals surface area contributed by atoms with Crippen LogP contribution in [0.25, 0.3) is 82.1 Å². The average molecular weight is 871 g/mol. The van der Waals surface area contributed by atoms with Crippen molar-refractivity contribution in [2.45, 2.75) is 15.2 Å². The molecule has 0 amide bonds. The molecule has 3 heterocycles. The molecule has 67 heavy (non-hydrogen) atoms. The van der Waals surface area contributed by atoms with E-state index in [9.17, 15) is 0 Å². The predicted octanol–water partition coefficient (Wildman–Crippen LogP) is 17.3. The molecule has 0 saturated heterocycles. The third-order valence-corrected chi connectivity index (χ3v) is 15.8. The molecule has 4 heteroatoms. The number of para-hydroxylation sites is 2. The van der Waals surface area contributed by atoms with E-state index in [4.69, 9.17) is 4.42 Å². The van der Waals surface area contributed by atoms with Crippen molar-refractivity contribution in [3.63, 3.8) is 0 Å². The number of nitrogens with zero attached hydrogens (tertiary/aromatic N) is 2. The molecule has 3 nitrogen and oxygen atoms in total. The summed E-state index contributed by atoms with van der Waals surface area (Å²) in [5.74, 6) is 0. The van der Waals surface area contributed by atoms with Gasteiger partial charge in [-0.15, -0.1) is 0 Å². The SMILES string of the molecule is c1ccc2c(c1)Sc1ccccc1C21c2ccccc2-c2ccc(N(c3ccc4c(c3)oc3ccccc34)c3ccc4c(c3)c3ccccc3n4-c3cccc4ccccc34)c3cccc1c23. The van der Waals surface area contributed by atoms with Crippen molar-refractivity contribution >= 4 is 94.1 Å². The fourth-order valence-corrected chi connectivity index (χ4v) is 13.1. The third kappa shape index (κ3) is 5.03. The Balaban J connectivity index is 1.03. The van der Waals surface area contributed by atoms with Crippen LogP contribution < -0.4 is 4.90 Å². The maximum absolute atomic E-state index is 6.63. The van der Waals surface area contributed by atoms with Crippen molar-refractivity contribution in [3.05, 3.63) is 253 Å². The van der Waals surface area contributed by atoms with Crippen LogP contribution in [0.2, 0.25) is 0 Å². The molecular weight excluding hydrogens is 833 g/mol. The number of hydrogen-bond acceptors (Lipinski definition) is 3. The van der Waals surface area contributed by atoms with Gasteiger partial charge in [-0.1, -0.05) is 169 Å². The zero-order valence-corrected chi connectivity index (χ0v) is 37.0. The van der Waals surface area contributed by atoms with Crippen LogP contribution in [0.3, 0.4) is 0 Å². The normalized spacial score (nSPS) is 13.4.